The highest BCUT2D eigenvalue weighted by molar-refractivity contribution is 7.98. The average Bonchev–Trinajstić information content (AvgIpc) is 3.13. The first-order chi connectivity index (χ1) is 12.7. The molecule has 0 aliphatic carbocycles. The van der Waals surface area contributed by atoms with Crippen molar-refractivity contribution in [1.29, 1.82) is 0 Å². The zero-order chi connectivity index (χ0) is 18.1. The second-order valence-electron chi connectivity index (χ2n) is 5.70. The summed E-state index contributed by atoms with van der Waals surface area (Å²) in [7, 11) is 0. The molecular formula is C18H15N5O2S. The molecule has 26 heavy (non-hydrogen) atoms. The van der Waals surface area contributed by atoms with Crippen LogP contribution in [-0.4, -0.2) is 32.0 Å². The number of fused-ring (bicyclic) bond motifs is 3. The summed E-state index contributed by atoms with van der Waals surface area (Å²) in [5.74, 6) is -0.435. The number of rotatable bonds is 4. The van der Waals surface area contributed by atoms with Crippen LogP contribution in [0.4, 0.5) is 0 Å². The smallest absolute Gasteiger partial charge is 0.277 e. The largest absolute Gasteiger partial charge is 0.346 e. The molecule has 7 nitrogen and oxygen atoms in total. The van der Waals surface area contributed by atoms with E-state index in [4.69, 9.17) is 0 Å². The minimum Gasteiger partial charge on any atom is -0.346 e. The number of H-pyrrole nitrogens is 1. The van der Waals surface area contributed by atoms with Crippen molar-refractivity contribution in [2.45, 2.75) is 11.4 Å². The van der Waals surface area contributed by atoms with Crippen LogP contribution in [0.5, 0.6) is 0 Å². The lowest BCUT2D eigenvalue weighted by Gasteiger charge is -2.05. The van der Waals surface area contributed by atoms with E-state index in [0.29, 0.717) is 17.6 Å². The first kappa shape index (κ1) is 16.3. The SMILES string of the molecule is CSc1ccc(CNC(=O)c2nnn3c2c(=O)[nH]c2ccccc23)cc1. The summed E-state index contributed by atoms with van der Waals surface area (Å²) >= 11 is 1.66. The molecule has 130 valence electrons. The number of nitrogens with one attached hydrogen (secondary N) is 2. The summed E-state index contributed by atoms with van der Waals surface area (Å²) in [4.78, 5) is 28.8. The van der Waals surface area contributed by atoms with Crippen LogP contribution in [0.2, 0.25) is 0 Å². The van der Waals surface area contributed by atoms with Crippen molar-refractivity contribution in [3.63, 3.8) is 0 Å². The second-order valence-corrected chi connectivity index (χ2v) is 6.58. The van der Waals surface area contributed by atoms with Crippen LogP contribution in [0.15, 0.2) is 58.2 Å². The van der Waals surface area contributed by atoms with E-state index in [1.165, 1.54) is 4.52 Å². The summed E-state index contributed by atoms with van der Waals surface area (Å²) in [6, 6.07) is 15.1. The highest BCUT2D eigenvalue weighted by Gasteiger charge is 2.19. The first-order valence-electron chi connectivity index (χ1n) is 7.95. The van der Waals surface area contributed by atoms with E-state index in [2.05, 4.69) is 20.6 Å². The fraction of sp³-hybridized carbons (Fsp3) is 0.111. The Kier molecular flexibility index (Phi) is 4.18. The van der Waals surface area contributed by atoms with Crippen LogP contribution in [-0.2, 0) is 6.54 Å². The Morgan fingerprint density at radius 3 is 2.73 bits per heavy atom. The van der Waals surface area contributed by atoms with E-state index >= 15 is 0 Å². The molecule has 4 aromatic rings. The summed E-state index contributed by atoms with van der Waals surface area (Å²) in [5.41, 5.74) is 2.03. The maximum Gasteiger partial charge on any atom is 0.277 e. The van der Waals surface area contributed by atoms with E-state index in [0.717, 1.165) is 10.5 Å². The van der Waals surface area contributed by atoms with Gasteiger partial charge in [0.25, 0.3) is 11.5 Å². The maximum atomic E-state index is 12.5. The summed E-state index contributed by atoms with van der Waals surface area (Å²) in [6.07, 6.45) is 2.01. The number of hydrogen-bond donors (Lipinski definition) is 2. The topological polar surface area (TPSA) is 92.2 Å². The Bertz CT molecular complexity index is 1160. The van der Waals surface area contributed by atoms with Crippen LogP contribution in [0.1, 0.15) is 16.1 Å². The molecule has 0 fully saturated rings. The molecule has 2 aromatic heterocycles. The third-order valence-electron chi connectivity index (χ3n) is 4.09. The molecule has 8 heteroatoms. The molecule has 0 atom stereocenters. The quantitative estimate of drug-likeness (QED) is 0.541. The summed E-state index contributed by atoms with van der Waals surface area (Å²) in [5, 5.41) is 10.7. The molecule has 0 saturated heterocycles. The average molecular weight is 365 g/mol. The lowest BCUT2D eigenvalue weighted by molar-refractivity contribution is 0.0947. The Labute approximate surface area is 152 Å². The van der Waals surface area contributed by atoms with Crippen molar-refractivity contribution >= 4 is 34.2 Å². The molecule has 2 heterocycles. The number of carbonyl (C=O) groups is 1. The molecule has 0 unspecified atom stereocenters. The number of amides is 1. The summed E-state index contributed by atoms with van der Waals surface area (Å²) in [6.45, 7) is 0.345. The van der Waals surface area contributed by atoms with Crippen LogP contribution in [0.3, 0.4) is 0 Å². The Morgan fingerprint density at radius 2 is 1.96 bits per heavy atom. The van der Waals surface area contributed by atoms with Crippen LogP contribution in [0, 0.1) is 0 Å². The van der Waals surface area contributed by atoms with Crippen molar-refractivity contribution in [2.75, 3.05) is 6.26 Å². The monoisotopic (exact) mass is 365 g/mol. The maximum absolute atomic E-state index is 12.5. The first-order valence-corrected chi connectivity index (χ1v) is 9.17. The molecular weight excluding hydrogens is 350 g/mol. The molecule has 0 radical (unpaired) electrons. The van der Waals surface area contributed by atoms with Crippen LogP contribution in [0.25, 0.3) is 16.6 Å². The number of carbonyl (C=O) groups excluding carboxylic acids is 1. The number of aromatic amines is 1. The Balaban J connectivity index is 1.64. The van der Waals surface area contributed by atoms with Gasteiger partial charge in [0.15, 0.2) is 11.2 Å². The van der Waals surface area contributed by atoms with E-state index in [1.807, 2.05) is 48.7 Å². The standard InChI is InChI=1S/C18H15N5O2S/c1-26-12-8-6-11(7-9-12)10-19-17(24)15-16-18(25)20-13-4-2-3-5-14(13)23(16)22-21-15/h2-9H,10H2,1H3,(H,19,24)(H,20,25). The lowest BCUT2D eigenvalue weighted by Crippen LogP contribution is -2.25. The van der Waals surface area contributed by atoms with Crippen molar-refractivity contribution in [2.24, 2.45) is 0 Å². The Morgan fingerprint density at radius 1 is 1.19 bits per heavy atom. The van der Waals surface area contributed by atoms with Crippen molar-refractivity contribution in [3.05, 3.63) is 70.1 Å². The molecule has 0 aliphatic heterocycles. The number of thioether (sulfide) groups is 1. The predicted molar refractivity (Wildman–Crippen MR) is 101 cm³/mol. The minimum atomic E-state index is -0.435. The molecule has 1 amide bonds. The van der Waals surface area contributed by atoms with Gasteiger partial charge in [-0.15, -0.1) is 16.9 Å². The number of aromatic nitrogens is 4. The third-order valence-corrected chi connectivity index (χ3v) is 4.84. The van der Waals surface area contributed by atoms with Crippen molar-refractivity contribution in [3.8, 4) is 0 Å². The zero-order valence-corrected chi connectivity index (χ0v) is 14.7. The third kappa shape index (κ3) is 2.84. The van der Waals surface area contributed by atoms with Gasteiger partial charge in [-0.3, -0.25) is 9.59 Å². The fourth-order valence-electron chi connectivity index (χ4n) is 2.76. The molecule has 0 bridgehead atoms. The normalized spacial score (nSPS) is 11.1. The van der Waals surface area contributed by atoms with Gasteiger partial charge in [0.2, 0.25) is 0 Å². The minimum absolute atomic E-state index is 0.0118. The van der Waals surface area contributed by atoms with Gasteiger partial charge in [0, 0.05) is 11.4 Å². The summed E-state index contributed by atoms with van der Waals surface area (Å²) < 4.78 is 1.40. The Hall–Kier alpha value is -3.13. The van der Waals surface area contributed by atoms with E-state index in [-0.39, 0.29) is 11.2 Å². The highest BCUT2D eigenvalue weighted by Crippen LogP contribution is 2.15. The lowest BCUT2D eigenvalue weighted by atomic mass is 10.2. The number of hydrogen-bond acceptors (Lipinski definition) is 5. The van der Waals surface area contributed by atoms with Gasteiger partial charge in [-0.2, -0.15) is 0 Å². The molecule has 2 aromatic carbocycles. The van der Waals surface area contributed by atoms with Gasteiger partial charge in [0.1, 0.15) is 0 Å². The highest BCUT2D eigenvalue weighted by atomic mass is 32.2. The van der Waals surface area contributed by atoms with E-state index in [9.17, 15) is 9.59 Å². The zero-order valence-electron chi connectivity index (χ0n) is 13.9. The molecule has 2 N–H and O–H groups in total. The molecule has 0 saturated carbocycles. The van der Waals surface area contributed by atoms with Gasteiger partial charge >= 0.3 is 0 Å². The van der Waals surface area contributed by atoms with Crippen LogP contribution < -0.4 is 10.9 Å². The number of benzene rings is 2. The molecule has 0 aliphatic rings. The van der Waals surface area contributed by atoms with Crippen molar-refractivity contribution < 1.29 is 4.79 Å². The van der Waals surface area contributed by atoms with Gasteiger partial charge < -0.3 is 10.3 Å². The van der Waals surface area contributed by atoms with Gasteiger partial charge in [-0.1, -0.05) is 29.5 Å². The van der Waals surface area contributed by atoms with Gasteiger partial charge in [-0.25, -0.2) is 4.52 Å². The molecule has 4 rings (SSSR count). The number of para-hydroxylation sites is 2. The second kappa shape index (κ2) is 6.64. The predicted octanol–water partition coefficient (Wildman–Crippen LogP) is 2.22. The molecule has 0 spiro atoms. The van der Waals surface area contributed by atoms with Crippen molar-refractivity contribution in [1.82, 2.24) is 25.1 Å². The van der Waals surface area contributed by atoms with E-state index < -0.39 is 11.5 Å². The van der Waals surface area contributed by atoms with Crippen LogP contribution >= 0.6 is 11.8 Å². The van der Waals surface area contributed by atoms with E-state index in [1.54, 1.807) is 17.8 Å². The van der Waals surface area contributed by atoms with Gasteiger partial charge in [0.05, 0.1) is 11.0 Å². The van der Waals surface area contributed by atoms with Gasteiger partial charge in [-0.05, 0) is 36.1 Å². The number of nitrogens with zero attached hydrogens (tertiary/aromatic N) is 3. The fourth-order valence-corrected chi connectivity index (χ4v) is 3.17.